The van der Waals surface area contributed by atoms with Gasteiger partial charge in [-0.3, -0.25) is 14.4 Å². The van der Waals surface area contributed by atoms with Crippen molar-refractivity contribution < 1.29 is 27.6 Å². The first-order valence-electron chi connectivity index (χ1n) is 7.42. The lowest BCUT2D eigenvalue weighted by Crippen LogP contribution is -2.36. The van der Waals surface area contributed by atoms with Crippen molar-refractivity contribution in [2.75, 3.05) is 12.3 Å². The standard InChI is InChI=1S/C16H16ClNO6S/c1-25(22,23)16(18-24-9-17)11-6-3-2-5-10(11)15(21)14-12(19)7-4-8-13(14)20/h2-3,5-6,14H,4,7-9H2,1H3/b18-16-. The summed E-state index contributed by atoms with van der Waals surface area (Å²) < 4.78 is 24.0. The van der Waals surface area contributed by atoms with Crippen molar-refractivity contribution in [2.24, 2.45) is 11.1 Å². The molecular formula is C16H16ClNO6S. The zero-order chi connectivity index (χ0) is 18.6. The number of carbonyl (C=O) groups excluding carboxylic acids is 3. The zero-order valence-electron chi connectivity index (χ0n) is 13.4. The van der Waals surface area contributed by atoms with Gasteiger partial charge in [-0.1, -0.05) is 41.0 Å². The van der Waals surface area contributed by atoms with Gasteiger partial charge in [-0.25, -0.2) is 8.42 Å². The van der Waals surface area contributed by atoms with E-state index in [0.29, 0.717) is 6.42 Å². The molecule has 134 valence electrons. The van der Waals surface area contributed by atoms with E-state index in [1.54, 1.807) is 0 Å². The summed E-state index contributed by atoms with van der Waals surface area (Å²) >= 11 is 5.37. The second-order valence-electron chi connectivity index (χ2n) is 5.54. The van der Waals surface area contributed by atoms with E-state index in [2.05, 4.69) is 9.99 Å². The number of alkyl halides is 1. The van der Waals surface area contributed by atoms with E-state index in [1.807, 2.05) is 0 Å². The normalized spacial score (nSPS) is 16.8. The van der Waals surface area contributed by atoms with Crippen LogP contribution in [0, 0.1) is 5.92 Å². The molecule has 0 aromatic heterocycles. The fraction of sp³-hybridized carbons (Fsp3) is 0.375. The van der Waals surface area contributed by atoms with Gasteiger partial charge in [0.05, 0.1) is 0 Å². The average Bonchev–Trinajstić information content (AvgIpc) is 2.54. The van der Waals surface area contributed by atoms with Gasteiger partial charge in [0.25, 0.3) is 0 Å². The summed E-state index contributed by atoms with van der Waals surface area (Å²) in [6, 6.07) is 5.36. The van der Waals surface area contributed by atoms with E-state index in [4.69, 9.17) is 11.6 Å². The Morgan fingerprint density at radius 3 is 2.28 bits per heavy atom. The summed E-state index contributed by atoms with van der Waals surface area (Å²) in [5.41, 5.74) is -0.107. The van der Waals surface area contributed by atoms with Gasteiger partial charge in [0.1, 0.15) is 5.92 Å². The molecule has 1 aliphatic rings. The van der Waals surface area contributed by atoms with Gasteiger partial charge in [0.2, 0.25) is 5.04 Å². The first-order valence-corrected chi connectivity index (χ1v) is 9.85. The molecule has 25 heavy (non-hydrogen) atoms. The van der Waals surface area contributed by atoms with Crippen LogP contribution in [0.5, 0.6) is 0 Å². The predicted molar refractivity (Wildman–Crippen MR) is 91.3 cm³/mol. The Bertz CT molecular complexity index is 830. The lowest BCUT2D eigenvalue weighted by Gasteiger charge is -2.19. The number of oxime groups is 1. The third kappa shape index (κ3) is 4.32. The lowest BCUT2D eigenvalue weighted by atomic mass is 9.81. The molecule has 0 aliphatic heterocycles. The molecule has 1 fully saturated rings. The van der Waals surface area contributed by atoms with Crippen LogP contribution in [0.1, 0.15) is 35.2 Å². The highest BCUT2D eigenvalue weighted by molar-refractivity contribution is 8.06. The number of hydrogen-bond acceptors (Lipinski definition) is 7. The Kier molecular flexibility index (Phi) is 6.07. The van der Waals surface area contributed by atoms with Crippen LogP contribution in [-0.2, 0) is 24.3 Å². The maximum Gasteiger partial charge on any atom is 0.202 e. The molecule has 0 saturated heterocycles. The van der Waals surface area contributed by atoms with Crippen molar-refractivity contribution in [3.63, 3.8) is 0 Å². The number of rotatable bonds is 5. The van der Waals surface area contributed by atoms with E-state index in [0.717, 1.165) is 6.26 Å². The largest absolute Gasteiger partial charge is 0.378 e. The Labute approximate surface area is 149 Å². The van der Waals surface area contributed by atoms with E-state index < -0.39 is 38.1 Å². The fourth-order valence-corrected chi connectivity index (χ4v) is 3.45. The number of halogens is 1. The Morgan fingerprint density at radius 2 is 1.76 bits per heavy atom. The minimum Gasteiger partial charge on any atom is -0.378 e. The lowest BCUT2D eigenvalue weighted by molar-refractivity contribution is -0.133. The number of hydrogen-bond donors (Lipinski definition) is 0. The van der Waals surface area contributed by atoms with Crippen molar-refractivity contribution in [3.05, 3.63) is 35.4 Å². The smallest absolute Gasteiger partial charge is 0.202 e. The summed E-state index contributed by atoms with van der Waals surface area (Å²) in [5.74, 6) is -3.03. The molecule has 0 bridgehead atoms. The first-order chi connectivity index (χ1) is 11.8. The monoisotopic (exact) mass is 385 g/mol. The van der Waals surface area contributed by atoms with Crippen molar-refractivity contribution in [3.8, 4) is 0 Å². The highest BCUT2D eigenvalue weighted by atomic mass is 35.5. The van der Waals surface area contributed by atoms with Crippen LogP contribution in [-0.4, -0.2) is 43.1 Å². The molecule has 0 N–H and O–H groups in total. The second kappa shape index (κ2) is 7.88. The van der Waals surface area contributed by atoms with E-state index in [-0.39, 0.29) is 30.0 Å². The highest BCUT2D eigenvalue weighted by Crippen LogP contribution is 2.24. The molecule has 1 aliphatic carbocycles. The summed E-state index contributed by atoms with van der Waals surface area (Å²) in [4.78, 5) is 41.5. The molecular weight excluding hydrogens is 370 g/mol. The van der Waals surface area contributed by atoms with Gasteiger partial charge in [-0.2, -0.15) is 0 Å². The van der Waals surface area contributed by atoms with Gasteiger partial charge in [0, 0.05) is 30.2 Å². The molecule has 0 atom stereocenters. The molecule has 0 spiro atoms. The Balaban J connectivity index is 2.55. The summed E-state index contributed by atoms with van der Waals surface area (Å²) in [6.45, 7) is 0. The first kappa shape index (κ1) is 19.3. The SMILES string of the molecule is CS(=O)(=O)/C(=N\OCCl)c1ccccc1C(=O)C1C(=O)CCCC1=O. The Morgan fingerprint density at radius 1 is 1.20 bits per heavy atom. The second-order valence-corrected chi connectivity index (χ2v) is 7.69. The van der Waals surface area contributed by atoms with Crippen molar-refractivity contribution in [1.82, 2.24) is 0 Å². The third-order valence-corrected chi connectivity index (χ3v) is 4.82. The third-order valence-electron chi connectivity index (χ3n) is 3.72. The molecule has 2 rings (SSSR count). The van der Waals surface area contributed by atoms with Crippen molar-refractivity contribution in [2.45, 2.75) is 19.3 Å². The molecule has 1 aromatic carbocycles. The van der Waals surface area contributed by atoms with Crippen LogP contribution in [0.25, 0.3) is 0 Å². The summed E-state index contributed by atoms with van der Waals surface area (Å²) in [6.07, 6.45) is 1.61. The summed E-state index contributed by atoms with van der Waals surface area (Å²) in [5, 5.41) is 2.99. The number of ketones is 3. The highest BCUT2D eigenvalue weighted by Gasteiger charge is 2.38. The zero-order valence-corrected chi connectivity index (χ0v) is 15.0. The molecule has 0 radical (unpaired) electrons. The van der Waals surface area contributed by atoms with Crippen LogP contribution in [0.2, 0.25) is 0 Å². The van der Waals surface area contributed by atoms with Crippen LogP contribution < -0.4 is 0 Å². The van der Waals surface area contributed by atoms with Crippen molar-refractivity contribution >= 4 is 43.8 Å². The Hall–Kier alpha value is -2.06. The number of nitrogens with zero attached hydrogens (tertiary/aromatic N) is 1. The fourth-order valence-electron chi connectivity index (χ4n) is 2.64. The van der Waals surface area contributed by atoms with Gasteiger partial charge in [-0.15, -0.1) is 0 Å². The molecule has 9 heteroatoms. The predicted octanol–water partition coefficient (Wildman–Crippen LogP) is 1.73. The summed E-state index contributed by atoms with van der Waals surface area (Å²) in [7, 11) is -3.86. The van der Waals surface area contributed by atoms with Gasteiger partial charge in [-0.05, 0) is 6.42 Å². The number of sulfone groups is 1. The van der Waals surface area contributed by atoms with Crippen LogP contribution in [0.15, 0.2) is 29.4 Å². The minimum absolute atomic E-state index is 0.0358. The molecule has 1 saturated carbocycles. The number of Topliss-reactive ketones (excluding diaryl/α,β-unsaturated/α-hetero) is 3. The van der Waals surface area contributed by atoms with E-state index in [9.17, 15) is 22.8 Å². The maximum absolute atomic E-state index is 12.8. The molecule has 7 nitrogen and oxygen atoms in total. The average molecular weight is 386 g/mol. The van der Waals surface area contributed by atoms with Crippen LogP contribution in [0.3, 0.4) is 0 Å². The topological polar surface area (TPSA) is 107 Å². The van der Waals surface area contributed by atoms with E-state index >= 15 is 0 Å². The number of benzene rings is 1. The molecule has 0 heterocycles. The van der Waals surface area contributed by atoms with Crippen LogP contribution >= 0.6 is 11.6 Å². The quantitative estimate of drug-likeness (QED) is 0.191. The number of carbonyl (C=O) groups is 3. The molecule has 0 unspecified atom stereocenters. The molecule has 0 amide bonds. The van der Waals surface area contributed by atoms with E-state index in [1.165, 1.54) is 24.3 Å². The van der Waals surface area contributed by atoms with Crippen LogP contribution in [0.4, 0.5) is 0 Å². The molecule has 1 aromatic rings. The van der Waals surface area contributed by atoms with Crippen molar-refractivity contribution in [1.29, 1.82) is 0 Å². The minimum atomic E-state index is -3.86. The van der Waals surface area contributed by atoms with Gasteiger partial charge >= 0.3 is 0 Å². The van der Waals surface area contributed by atoms with Gasteiger partial charge < -0.3 is 4.84 Å². The van der Waals surface area contributed by atoms with Gasteiger partial charge in [0.15, 0.2) is 33.3 Å². The maximum atomic E-state index is 12.8.